The molecule has 0 N–H and O–H groups in total. The highest BCUT2D eigenvalue weighted by atomic mass is 14.2. The van der Waals surface area contributed by atoms with Crippen LogP contribution in [0.25, 0.3) is 98.4 Å². The highest BCUT2D eigenvalue weighted by molar-refractivity contribution is 6.23. The van der Waals surface area contributed by atoms with Crippen molar-refractivity contribution in [2.24, 2.45) is 0 Å². The summed E-state index contributed by atoms with van der Waals surface area (Å²) in [6, 6.07) is 71.4. The Balaban J connectivity index is 1.29. The molecule has 50 heavy (non-hydrogen) atoms. The van der Waals surface area contributed by atoms with Crippen LogP contribution in [0.5, 0.6) is 0 Å². The molecule has 10 rings (SSSR count). The minimum absolute atomic E-state index is 1.22. The van der Waals surface area contributed by atoms with Gasteiger partial charge in [-0.15, -0.1) is 0 Å². The van der Waals surface area contributed by atoms with Crippen LogP contribution in [0.2, 0.25) is 0 Å². The Morgan fingerprint density at radius 3 is 1.54 bits per heavy atom. The van der Waals surface area contributed by atoms with Crippen LogP contribution < -0.4 is 0 Å². The van der Waals surface area contributed by atoms with Gasteiger partial charge in [0, 0.05) is 0 Å². The van der Waals surface area contributed by atoms with Crippen molar-refractivity contribution in [1.82, 2.24) is 0 Å². The van der Waals surface area contributed by atoms with Crippen molar-refractivity contribution < 1.29 is 0 Å². The largest absolute Gasteiger partial charge is 0.0622 e. The van der Waals surface area contributed by atoms with Crippen LogP contribution in [-0.4, -0.2) is 0 Å². The lowest BCUT2D eigenvalue weighted by atomic mass is 9.84. The van der Waals surface area contributed by atoms with Gasteiger partial charge in [0.15, 0.2) is 0 Å². The summed E-state index contributed by atoms with van der Waals surface area (Å²) in [5, 5.41) is 12.7. The molecule has 0 atom stereocenters. The van der Waals surface area contributed by atoms with Crippen LogP contribution in [0.4, 0.5) is 0 Å². The number of hydrogen-bond donors (Lipinski definition) is 0. The molecule has 0 heteroatoms. The molecule has 0 radical (unpaired) electrons. The minimum atomic E-state index is 1.22. The molecule has 232 valence electrons. The Labute approximate surface area is 291 Å². The molecule has 0 aromatic heterocycles. The normalized spacial score (nSPS) is 11.6. The third-order valence-electron chi connectivity index (χ3n) is 10.4. The van der Waals surface area contributed by atoms with E-state index in [0.717, 1.165) is 0 Å². The van der Waals surface area contributed by atoms with Gasteiger partial charge in [-0.3, -0.25) is 0 Å². The predicted molar refractivity (Wildman–Crippen MR) is 216 cm³/mol. The minimum Gasteiger partial charge on any atom is -0.0622 e. The van der Waals surface area contributed by atoms with Gasteiger partial charge in [0.05, 0.1) is 0 Å². The molecule has 0 amide bonds. The second-order valence-corrected chi connectivity index (χ2v) is 13.3. The van der Waals surface area contributed by atoms with Crippen molar-refractivity contribution >= 4 is 53.9 Å². The smallest absolute Gasteiger partial charge is 0.00259 e. The maximum Gasteiger partial charge on any atom is -0.00259 e. The first-order chi connectivity index (χ1) is 24.8. The van der Waals surface area contributed by atoms with E-state index in [1.54, 1.807) is 0 Å². The average molecular weight is 633 g/mol. The van der Waals surface area contributed by atoms with Crippen molar-refractivity contribution in [2.45, 2.75) is 0 Å². The first-order valence-corrected chi connectivity index (χ1v) is 17.3. The van der Waals surface area contributed by atoms with Gasteiger partial charge in [0.2, 0.25) is 0 Å². The molecule has 0 heterocycles. The highest BCUT2D eigenvalue weighted by Gasteiger charge is 2.19. The van der Waals surface area contributed by atoms with Crippen LogP contribution in [0.15, 0.2) is 194 Å². The van der Waals surface area contributed by atoms with E-state index in [0.29, 0.717) is 0 Å². The Bertz CT molecular complexity index is 2910. The molecule has 0 saturated carbocycles. The summed E-state index contributed by atoms with van der Waals surface area (Å²) in [6.07, 6.45) is 0. The van der Waals surface area contributed by atoms with E-state index in [9.17, 15) is 0 Å². The standard InChI is InChI=1S/C50H32/c1-2-14-34(15-3-1)49-44-23-10-11-24-45(44)50(40-19-12-18-36(30-40)37-26-25-33-13-4-5-16-35(33)29-37)48-32-39(27-28-46(48)49)47-31-38-17-6-7-20-41(38)42-21-8-9-22-43(42)47/h1-32H. The van der Waals surface area contributed by atoms with Crippen LogP contribution in [-0.2, 0) is 0 Å². The van der Waals surface area contributed by atoms with Crippen LogP contribution >= 0.6 is 0 Å². The second-order valence-electron chi connectivity index (χ2n) is 13.3. The van der Waals surface area contributed by atoms with E-state index in [-0.39, 0.29) is 0 Å². The second kappa shape index (κ2) is 11.6. The van der Waals surface area contributed by atoms with Crippen LogP contribution in [0, 0.1) is 0 Å². The fourth-order valence-corrected chi connectivity index (χ4v) is 8.09. The summed E-state index contributed by atoms with van der Waals surface area (Å²) in [4.78, 5) is 0. The van der Waals surface area contributed by atoms with Gasteiger partial charge in [0.25, 0.3) is 0 Å². The lowest BCUT2D eigenvalue weighted by Gasteiger charge is -2.20. The molecule has 10 aromatic rings. The molecule has 0 aliphatic rings. The summed E-state index contributed by atoms with van der Waals surface area (Å²) < 4.78 is 0. The quantitative estimate of drug-likeness (QED) is 0.134. The summed E-state index contributed by atoms with van der Waals surface area (Å²) in [5.41, 5.74) is 9.92. The van der Waals surface area contributed by atoms with Gasteiger partial charge in [-0.25, -0.2) is 0 Å². The van der Waals surface area contributed by atoms with Crippen molar-refractivity contribution in [3.63, 3.8) is 0 Å². The first kappa shape index (κ1) is 28.5. The lowest BCUT2D eigenvalue weighted by molar-refractivity contribution is 1.62. The summed E-state index contributed by atoms with van der Waals surface area (Å²) in [6.45, 7) is 0. The third-order valence-corrected chi connectivity index (χ3v) is 10.4. The zero-order valence-electron chi connectivity index (χ0n) is 27.5. The topological polar surface area (TPSA) is 0 Å². The zero-order chi connectivity index (χ0) is 33.0. The van der Waals surface area contributed by atoms with E-state index >= 15 is 0 Å². The predicted octanol–water partition coefficient (Wildman–Crippen LogP) is 14.1. The highest BCUT2D eigenvalue weighted by Crippen LogP contribution is 2.46. The Morgan fingerprint density at radius 1 is 0.200 bits per heavy atom. The summed E-state index contributed by atoms with van der Waals surface area (Å²) >= 11 is 0. The molecule has 0 aliphatic heterocycles. The van der Waals surface area contributed by atoms with Gasteiger partial charge < -0.3 is 0 Å². The maximum absolute atomic E-state index is 2.45. The van der Waals surface area contributed by atoms with Crippen molar-refractivity contribution in [1.29, 1.82) is 0 Å². The van der Waals surface area contributed by atoms with Crippen molar-refractivity contribution in [3.05, 3.63) is 194 Å². The number of fused-ring (bicyclic) bond motifs is 6. The summed E-state index contributed by atoms with van der Waals surface area (Å²) in [5.74, 6) is 0. The van der Waals surface area contributed by atoms with Crippen LogP contribution in [0.1, 0.15) is 0 Å². The summed E-state index contributed by atoms with van der Waals surface area (Å²) in [7, 11) is 0. The average Bonchev–Trinajstić information content (AvgIpc) is 3.19. The van der Waals surface area contributed by atoms with Gasteiger partial charge in [0.1, 0.15) is 0 Å². The SMILES string of the molecule is c1ccc(-c2c3ccccc3c(-c3cccc(-c4ccc5ccccc5c4)c3)c3cc(-c4cc5ccccc5c5ccccc45)ccc23)cc1. The fraction of sp³-hybridized carbons (Fsp3) is 0. The molecular formula is C50H32. The molecule has 0 unspecified atom stereocenters. The lowest BCUT2D eigenvalue weighted by Crippen LogP contribution is -1.92. The Morgan fingerprint density at radius 2 is 0.740 bits per heavy atom. The van der Waals surface area contributed by atoms with E-state index in [1.807, 2.05) is 0 Å². The Hall–Kier alpha value is -6.50. The van der Waals surface area contributed by atoms with Gasteiger partial charge >= 0.3 is 0 Å². The maximum atomic E-state index is 2.45. The number of benzene rings is 10. The van der Waals surface area contributed by atoms with E-state index in [1.165, 1.54) is 98.4 Å². The molecule has 0 aliphatic carbocycles. The zero-order valence-corrected chi connectivity index (χ0v) is 27.5. The molecular weight excluding hydrogens is 601 g/mol. The van der Waals surface area contributed by atoms with E-state index < -0.39 is 0 Å². The van der Waals surface area contributed by atoms with Crippen LogP contribution in [0.3, 0.4) is 0 Å². The van der Waals surface area contributed by atoms with Gasteiger partial charge in [-0.1, -0.05) is 170 Å². The third kappa shape index (κ3) is 4.61. The Kier molecular flexibility index (Phi) is 6.60. The molecule has 0 saturated heterocycles. The molecule has 0 fully saturated rings. The van der Waals surface area contributed by atoms with Gasteiger partial charge in [-0.05, 0) is 123 Å². The van der Waals surface area contributed by atoms with Crippen molar-refractivity contribution in [3.8, 4) is 44.5 Å². The van der Waals surface area contributed by atoms with Crippen molar-refractivity contribution in [2.75, 3.05) is 0 Å². The molecule has 0 nitrogen and oxygen atoms in total. The van der Waals surface area contributed by atoms with E-state index in [2.05, 4.69) is 194 Å². The monoisotopic (exact) mass is 632 g/mol. The van der Waals surface area contributed by atoms with E-state index in [4.69, 9.17) is 0 Å². The first-order valence-electron chi connectivity index (χ1n) is 17.3. The molecule has 10 aromatic carbocycles. The number of rotatable bonds is 4. The fourth-order valence-electron chi connectivity index (χ4n) is 8.09. The number of hydrogen-bond acceptors (Lipinski definition) is 0. The molecule has 0 bridgehead atoms. The molecule has 0 spiro atoms. The van der Waals surface area contributed by atoms with Gasteiger partial charge in [-0.2, -0.15) is 0 Å².